The Labute approximate surface area is 159 Å². The molecule has 144 valence electrons. The van der Waals surface area contributed by atoms with Gasteiger partial charge in [0, 0.05) is 44.5 Å². The zero-order chi connectivity index (χ0) is 19.6. The number of rotatable bonds is 8. The highest BCUT2D eigenvalue weighted by Gasteiger charge is 2.08. The van der Waals surface area contributed by atoms with Gasteiger partial charge < -0.3 is 25.6 Å². The lowest BCUT2D eigenvalue weighted by Gasteiger charge is -2.19. The second-order valence-corrected chi connectivity index (χ2v) is 6.09. The number of nitrogens with zero attached hydrogens (tertiary/aromatic N) is 1. The second-order valence-electron chi connectivity index (χ2n) is 6.09. The van der Waals surface area contributed by atoms with Gasteiger partial charge in [-0.2, -0.15) is 0 Å². The Hall–Kier alpha value is -3.22. The largest absolute Gasteiger partial charge is 0.494 e. The van der Waals surface area contributed by atoms with Crippen LogP contribution in [0.1, 0.15) is 13.3 Å². The first-order valence-corrected chi connectivity index (χ1v) is 8.76. The van der Waals surface area contributed by atoms with Crippen LogP contribution >= 0.6 is 0 Å². The summed E-state index contributed by atoms with van der Waals surface area (Å²) in [7, 11) is 3.53. The summed E-state index contributed by atoms with van der Waals surface area (Å²) in [5, 5.41) is 8.27. The minimum absolute atomic E-state index is 0.188. The van der Waals surface area contributed by atoms with Crippen LogP contribution in [0.15, 0.2) is 48.5 Å². The van der Waals surface area contributed by atoms with E-state index in [1.165, 1.54) is 14.0 Å². The smallest absolute Gasteiger partial charge is 0.319 e. The van der Waals surface area contributed by atoms with E-state index in [9.17, 15) is 9.59 Å². The molecule has 0 saturated heterocycles. The Morgan fingerprint density at radius 1 is 1.07 bits per heavy atom. The van der Waals surface area contributed by atoms with E-state index in [-0.39, 0.29) is 11.9 Å². The number of hydrogen-bond acceptors (Lipinski definition) is 4. The lowest BCUT2D eigenvalue weighted by atomic mass is 10.2. The van der Waals surface area contributed by atoms with Gasteiger partial charge in [0.05, 0.1) is 12.8 Å². The van der Waals surface area contributed by atoms with Gasteiger partial charge >= 0.3 is 6.03 Å². The summed E-state index contributed by atoms with van der Waals surface area (Å²) in [6.45, 7) is 2.82. The van der Waals surface area contributed by atoms with Crippen LogP contribution in [-0.2, 0) is 4.79 Å². The molecule has 27 heavy (non-hydrogen) atoms. The van der Waals surface area contributed by atoms with Crippen LogP contribution in [0.5, 0.6) is 5.75 Å². The van der Waals surface area contributed by atoms with Crippen LogP contribution < -0.4 is 25.6 Å². The number of nitrogens with one attached hydrogen (secondary N) is 3. The van der Waals surface area contributed by atoms with Gasteiger partial charge in [-0.3, -0.25) is 4.79 Å². The zero-order valence-corrected chi connectivity index (χ0v) is 15.9. The minimum Gasteiger partial charge on any atom is -0.494 e. The predicted molar refractivity (Wildman–Crippen MR) is 109 cm³/mol. The van der Waals surface area contributed by atoms with Crippen LogP contribution in [0.3, 0.4) is 0 Å². The van der Waals surface area contributed by atoms with Crippen molar-refractivity contribution < 1.29 is 14.3 Å². The van der Waals surface area contributed by atoms with Crippen molar-refractivity contribution in [2.45, 2.75) is 13.3 Å². The van der Waals surface area contributed by atoms with Crippen LogP contribution in [0.2, 0.25) is 0 Å². The number of carbonyl (C=O) groups is 2. The van der Waals surface area contributed by atoms with E-state index in [1.807, 2.05) is 25.2 Å². The molecule has 0 spiro atoms. The highest BCUT2D eigenvalue weighted by molar-refractivity contribution is 5.93. The van der Waals surface area contributed by atoms with Gasteiger partial charge in [-0.1, -0.05) is 18.2 Å². The average Bonchev–Trinajstić information content (AvgIpc) is 2.66. The number of ether oxygens (including phenoxy) is 1. The lowest BCUT2D eigenvalue weighted by Crippen LogP contribution is -2.31. The van der Waals surface area contributed by atoms with Gasteiger partial charge in [-0.25, -0.2) is 4.79 Å². The molecule has 0 unspecified atom stereocenters. The number of benzene rings is 2. The number of methoxy groups -OCH3 is 1. The molecule has 0 bridgehead atoms. The SMILES string of the molecule is COc1cc(NC(=O)NCCCN(C)c2ccccc2)ccc1NC(C)=O. The number of para-hydroxylation sites is 1. The van der Waals surface area contributed by atoms with Gasteiger partial charge in [0.15, 0.2) is 0 Å². The molecule has 0 radical (unpaired) electrons. The minimum atomic E-state index is -0.285. The number of carbonyl (C=O) groups excluding carboxylic acids is 2. The summed E-state index contributed by atoms with van der Waals surface area (Å²) in [5.74, 6) is 0.291. The van der Waals surface area contributed by atoms with Crippen LogP contribution in [-0.4, -0.2) is 39.2 Å². The molecule has 0 aliphatic carbocycles. The quantitative estimate of drug-likeness (QED) is 0.623. The molecule has 2 aromatic rings. The van der Waals surface area contributed by atoms with Gasteiger partial charge in [-0.05, 0) is 30.7 Å². The van der Waals surface area contributed by atoms with Crippen molar-refractivity contribution in [3.8, 4) is 5.75 Å². The van der Waals surface area contributed by atoms with Crippen molar-refractivity contribution in [3.63, 3.8) is 0 Å². The number of hydrogen-bond donors (Lipinski definition) is 3. The number of amides is 3. The van der Waals surface area contributed by atoms with E-state index in [0.29, 0.717) is 23.7 Å². The van der Waals surface area contributed by atoms with Crippen LogP contribution in [0.4, 0.5) is 21.9 Å². The third-order valence-corrected chi connectivity index (χ3v) is 3.92. The van der Waals surface area contributed by atoms with E-state index in [4.69, 9.17) is 4.74 Å². The van der Waals surface area contributed by atoms with Gasteiger partial charge in [0.25, 0.3) is 0 Å². The van der Waals surface area contributed by atoms with Gasteiger partial charge in [0.2, 0.25) is 5.91 Å². The van der Waals surface area contributed by atoms with Crippen molar-refractivity contribution >= 4 is 29.0 Å². The third kappa shape index (κ3) is 6.54. The Morgan fingerprint density at radius 3 is 2.48 bits per heavy atom. The van der Waals surface area contributed by atoms with Crippen LogP contribution in [0, 0.1) is 0 Å². The molecule has 2 rings (SSSR count). The zero-order valence-electron chi connectivity index (χ0n) is 15.9. The summed E-state index contributed by atoms with van der Waals surface area (Å²) in [5.41, 5.74) is 2.29. The Bertz CT molecular complexity index is 765. The van der Waals surface area contributed by atoms with Crippen molar-refractivity contribution in [2.24, 2.45) is 0 Å². The Morgan fingerprint density at radius 2 is 1.81 bits per heavy atom. The van der Waals surface area contributed by atoms with Crippen LogP contribution in [0.25, 0.3) is 0 Å². The molecule has 7 nitrogen and oxygen atoms in total. The number of anilines is 3. The molecule has 7 heteroatoms. The fraction of sp³-hybridized carbons (Fsp3) is 0.300. The molecule has 2 aromatic carbocycles. The van der Waals surface area contributed by atoms with Crippen molar-refractivity contribution in [1.82, 2.24) is 5.32 Å². The standard InChI is InChI=1S/C20H26N4O3/c1-15(25)22-18-11-10-16(14-19(18)27-3)23-20(26)21-12-7-13-24(2)17-8-5-4-6-9-17/h4-6,8-11,14H,7,12-13H2,1-3H3,(H,22,25)(H2,21,23,26). The molecule has 0 fully saturated rings. The highest BCUT2D eigenvalue weighted by atomic mass is 16.5. The summed E-state index contributed by atoms with van der Waals surface area (Å²) in [6, 6.07) is 14.9. The Balaban J connectivity index is 1.77. The number of urea groups is 1. The summed E-state index contributed by atoms with van der Waals surface area (Å²) >= 11 is 0. The van der Waals surface area contributed by atoms with Gasteiger partial charge in [-0.15, -0.1) is 0 Å². The lowest BCUT2D eigenvalue weighted by molar-refractivity contribution is -0.114. The molecule has 0 aliphatic heterocycles. The third-order valence-electron chi connectivity index (χ3n) is 3.92. The predicted octanol–water partition coefficient (Wildman–Crippen LogP) is 3.30. The summed E-state index contributed by atoms with van der Waals surface area (Å²) in [6.07, 6.45) is 0.823. The molecule has 0 atom stereocenters. The molecular weight excluding hydrogens is 344 g/mol. The maximum Gasteiger partial charge on any atom is 0.319 e. The first-order chi connectivity index (χ1) is 13.0. The first-order valence-electron chi connectivity index (χ1n) is 8.76. The van der Waals surface area contributed by atoms with E-state index in [2.05, 4.69) is 33.0 Å². The molecular formula is C20H26N4O3. The van der Waals surface area contributed by atoms with Crippen molar-refractivity contribution in [3.05, 3.63) is 48.5 Å². The topological polar surface area (TPSA) is 82.7 Å². The first kappa shape index (κ1) is 20.1. The Kier molecular flexibility index (Phi) is 7.49. The average molecular weight is 370 g/mol. The fourth-order valence-corrected chi connectivity index (χ4v) is 2.57. The summed E-state index contributed by atoms with van der Waals surface area (Å²) < 4.78 is 5.24. The normalized spacial score (nSPS) is 10.0. The van der Waals surface area contributed by atoms with E-state index in [0.717, 1.165) is 18.7 Å². The molecule has 3 N–H and O–H groups in total. The fourth-order valence-electron chi connectivity index (χ4n) is 2.57. The highest BCUT2D eigenvalue weighted by Crippen LogP contribution is 2.27. The summed E-state index contributed by atoms with van der Waals surface area (Å²) in [4.78, 5) is 25.4. The van der Waals surface area contributed by atoms with E-state index in [1.54, 1.807) is 18.2 Å². The van der Waals surface area contributed by atoms with Gasteiger partial charge in [0.1, 0.15) is 5.75 Å². The second kappa shape index (κ2) is 10.1. The monoisotopic (exact) mass is 370 g/mol. The molecule has 0 aliphatic rings. The molecule has 3 amide bonds. The maximum absolute atomic E-state index is 12.0. The molecule has 0 aromatic heterocycles. The van der Waals surface area contributed by atoms with E-state index < -0.39 is 0 Å². The van der Waals surface area contributed by atoms with Crippen molar-refractivity contribution in [1.29, 1.82) is 0 Å². The molecule has 0 saturated carbocycles. The molecule has 0 heterocycles. The maximum atomic E-state index is 12.0. The van der Waals surface area contributed by atoms with E-state index >= 15 is 0 Å². The van der Waals surface area contributed by atoms with Crippen molar-refractivity contribution in [2.75, 3.05) is 42.8 Å².